The molecule has 6 aromatic rings. The number of aromatic nitrogens is 5. The van der Waals surface area contributed by atoms with Gasteiger partial charge >= 0.3 is 0 Å². The molecule has 2 saturated heterocycles. The first-order valence-corrected chi connectivity index (χ1v) is 20.5. The van der Waals surface area contributed by atoms with E-state index in [1.54, 1.807) is 14.5 Å². The number of carbonyl (C=O) groups is 2. The number of aryl methyl sites for hydroxylation is 1. The molecule has 4 aliphatic rings. The van der Waals surface area contributed by atoms with Crippen molar-refractivity contribution in [1.82, 2.24) is 29.6 Å². The van der Waals surface area contributed by atoms with Crippen LogP contribution in [0.3, 0.4) is 0 Å². The number of rotatable bonds is 8. The third-order valence-corrected chi connectivity index (χ3v) is 13.1. The Bertz CT molecular complexity index is 2650. The number of hydrogen-bond donors (Lipinski definition) is 0. The summed E-state index contributed by atoms with van der Waals surface area (Å²) in [5.74, 6) is 0.678. The van der Waals surface area contributed by atoms with E-state index in [1.165, 1.54) is 0 Å². The van der Waals surface area contributed by atoms with Gasteiger partial charge in [0.2, 0.25) is 17.7 Å². The van der Waals surface area contributed by atoms with Crippen molar-refractivity contribution in [3.05, 3.63) is 90.1 Å². The lowest BCUT2D eigenvalue weighted by Crippen LogP contribution is -2.44. The van der Waals surface area contributed by atoms with Crippen molar-refractivity contribution in [2.24, 2.45) is 7.05 Å². The molecule has 8 heterocycles. The molecule has 0 bridgehead atoms. The molecule has 2 aromatic carbocycles. The van der Waals surface area contributed by atoms with Crippen molar-refractivity contribution in [2.45, 2.75) is 49.0 Å². The van der Waals surface area contributed by atoms with Crippen LogP contribution >= 0.6 is 0 Å². The highest BCUT2D eigenvalue weighted by Crippen LogP contribution is 2.56. The fraction of sp³-hybridized carbons (Fsp3) is 0.391. The molecule has 0 aliphatic carbocycles. The number of nitrogens with zero attached hydrogens (tertiary/aromatic N) is 8. The van der Waals surface area contributed by atoms with E-state index in [0.29, 0.717) is 58.0 Å². The van der Waals surface area contributed by atoms with Crippen LogP contribution in [0.2, 0.25) is 0 Å². The number of hydrogen-bond acceptors (Lipinski definition) is 10. The summed E-state index contributed by atoms with van der Waals surface area (Å²) in [6.45, 7) is 2.88. The average molecular weight is 793 g/mol. The van der Waals surface area contributed by atoms with Crippen LogP contribution < -0.4 is 14.5 Å². The Labute approximate surface area is 342 Å². The molecule has 13 nitrogen and oxygen atoms in total. The van der Waals surface area contributed by atoms with E-state index >= 15 is 0 Å². The summed E-state index contributed by atoms with van der Waals surface area (Å²) in [6.07, 6.45) is 11.9. The van der Waals surface area contributed by atoms with Gasteiger partial charge < -0.3 is 28.9 Å². The summed E-state index contributed by atoms with van der Waals surface area (Å²) in [7, 11) is 9.70. The third kappa shape index (κ3) is 5.92. The zero-order chi connectivity index (χ0) is 40.6. The van der Waals surface area contributed by atoms with Gasteiger partial charge in [-0.3, -0.25) is 24.2 Å². The maximum Gasteiger partial charge on any atom is 0.237 e. The van der Waals surface area contributed by atoms with Gasteiger partial charge in [0.05, 0.1) is 64.5 Å². The van der Waals surface area contributed by atoms with Gasteiger partial charge in [-0.2, -0.15) is 5.10 Å². The van der Waals surface area contributed by atoms with Gasteiger partial charge in [0.25, 0.3) is 0 Å². The molecule has 13 heteroatoms. The number of ether oxygens (including phenoxy) is 3. The summed E-state index contributed by atoms with van der Waals surface area (Å²) in [5.41, 5.74) is 8.34. The first kappa shape index (κ1) is 37.5. The molecule has 0 N–H and O–H groups in total. The molecule has 10 rings (SSSR count). The van der Waals surface area contributed by atoms with Gasteiger partial charge in [0.15, 0.2) is 0 Å². The van der Waals surface area contributed by atoms with Crippen LogP contribution in [0.25, 0.3) is 44.1 Å². The maximum atomic E-state index is 14.8. The Morgan fingerprint density at radius 3 is 2.20 bits per heavy atom. The number of amides is 2. The highest BCUT2D eigenvalue weighted by Gasteiger charge is 2.55. The molecule has 2 fully saturated rings. The number of benzene rings is 2. The molecule has 59 heavy (non-hydrogen) atoms. The number of anilines is 2. The largest absolute Gasteiger partial charge is 0.478 e. The summed E-state index contributed by atoms with van der Waals surface area (Å²) >= 11 is 0. The maximum absolute atomic E-state index is 14.8. The second-order valence-corrected chi connectivity index (χ2v) is 16.8. The van der Waals surface area contributed by atoms with Gasteiger partial charge in [-0.15, -0.1) is 0 Å². The van der Waals surface area contributed by atoms with E-state index in [9.17, 15) is 9.59 Å². The lowest BCUT2D eigenvalue weighted by Gasteiger charge is -2.38. The summed E-state index contributed by atoms with van der Waals surface area (Å²) in [4.78, 5) is 49.3. The topological polar surface area (TPSA) is 128 Å². The monoisotopic (exact) mass is 792 g/mol. The standard InChI is InChI=1S/C46H48N8O5/c1-51(2)14-6-15-59-39-10-8-29(23-48-39)30-20-33(42-34(21-30)41-37(26-49-42)53(4)43(55)45(41)11-16-57-17-12-45)38-22-46(13-18-58-38)40-32-19-28(31-24-50-52(3)27-31)7-9-35(32)47-25-36(40)54(5)44(46)56/h7-10,19-21,23-27,38H,6,11-18,22H2,1-5H3. The van der Waals surface area contributed by atoms with Crippen LogP contribution in [-0.4, -0.2) is 103 Å². The quantitative estimate of drug-likeness (QED) is 0.161. The van der Waals surface area contributed by atoms with E-state index in [2.05, 4.69) is 34.3 Å². The minimum Gasteiger partial charge on any atom is -0.478 e. The van der Waals surface area contributed by atoms with Crippen LogP contribution in [0.4, 0.5) is 11.4 Å². The molecule has 0 saturated carbocycles. The molecule has 2 atom stereocenters. The second-order valence-electron chi connectivity index (χ2n) is 16.8. The van der Waals surface area contributed by atoms with Crippen LogP contribution in [0, 0.1) is 0 Å². The van der Waals surface area contributed by atoms with Crippen LogP contribution in [0.1, 0.15) is 54.9 Å². The SMILES string of the molecule is CN(C)CCCOc1ccc(-c2cc(C3CC4(CCO3)C(=O)N(C)c3cnc5ccc(-c6cnn(C)c6)cc5c34)c3ncc4c(c3c2)C2(CCOCC2)C(=O)N4C)cn1. The first-order valence-electron chi connectivity index (χ1n) is 20.5. The fourth-order valence-electron chi connectivity index (χ4n) is 10.1. The second kappa shape index (κ2) is 14.2. The highest BCUT2D eigenvalue weighted by molar-refractivity contribution is 6.14. The van der Waals surface area contributed by atoms with E-state index < -0.39 is 16.9 Å². The summed E-state index contributed by atoms with van der Waals surface area (Å²) < 4.78 is 20.4. The van der Waals surface area contributed by atoms with Crippen LogP contribution in [0.5, 0.6) is 5.88 Å². The van der Waals surface area contributed by atoms with E-state index in [0.717, 1.165) is 85.1 Å². The van der Waals surface area contributed by atoms with Crippen LogP contribution in [0.15, 0.2) is 73.4 Å². The van der Waals surface area contributed by atoms with Crippen LogP contribution in [-0.2, 0) is 36.9 Å². The van der Waals surface area contributed by atoms with Crippen molar-refractivity contribution in [3.63, 3.8) is 0 Å². The molecule has 2 unspecified atom stereocenters. The number of carbonyl (C=O) groups excluding carboxylic acids is 2. The minimum absolute atomic E-state index is 0.0370. The minimum atomic E-state index is -0.869. The normalized spacial score (nSPS) is 21.1. The number of pyridine rings is 3. The average Bonchev–Trinajstić information content (AvgIpc) is 3.85. The Hall–Kier alpha value is -5.76. The molecule has 302 valence electrons. The van der Waals surface area contributed by atoms with Gasteiger partial charge in [-0.1, -0.05) is 6.07 Å². The Kier molecular flexibility index (Phi) is 9.03. The molecule has 2 spiro atoms. The zero-order valence-electron chi connectivity index (χ0n) is 34.2. The number of fused-ring (bicyclic) bond motifs is 8. The van der Waals surface area contributed by atoms with E-state index in [4.69, 9.17) is 29.2 Å². The summed E-state index contributed by atoms with van der Waals surface area (Å²) in [6, 6.07) is 14.5. The van der Waals surface area contributed by atoms with Crippen molar-refractivity contribution < 1.29 is 23.8 Å². The van der Waals surface area contributed by atoms with Gasteiger partial charge in [-0.25, -0.2) is 4.98 Å². The Morgan fingerprint density at radius 2 is 1.47 bits per heavy atom. The summed E-state index contributed by atoms with van der Waals surface area (Å²) in [5, 5.41) is 6.27. The molecule has 4 aliphatic heterocycles. The van der Waals surface area contributed by atoms with E-state index in [1.807, 2.05) is 84.4 Å². The van der Waals surface area contributed by atoms with Crippen molar-refractivity contribution in [3.8, 4) is 28.1 Å². The molecular formula is C46H48N8O5. The lowest BCUT2D eigenvalue weighted by molar-refractivity contribution is -0.129. The van der Waals surface area contributed by atoms with Gasteiger partial charge in [0.1, 0.15) is 0 Å². The Balaban J connectivity index is 1.12. The predicted molar refractivity (Wildman–Crippen MR) is 226 cm³/mol. The van der Waals surface area contributed by atoms with Crippen molar-refractivity contribution in [1.29, 1.82) is 0 Å². The van der Waals surface area contributed by atoms with Gasteiger partial charge in [-0.05, 0) is 87.7 Å². The molecular weight excluding hydrogens is 745 g/mol. The Morgan fingerprint density at radius 1 is 0.763 bits per heavy atom. The highest BCUT2D eigenvalue weighted by atomic mass is 16.5. The lowest BCUT2D eigenvalue weighted by atomic mass is 9.70. The van der Waals surface area contributed by atoms with Gasteiger partial charge in [0, 0.05) is 105 Å². The van der Waals surface area contributed by atoms with Crippen molar-refractivity contribution >= 4 is 45.0 Å². The number of likely N-dealkylation sites (N-methyl/N-ethyl adjacent to an activating group) is 2. The van der Waals surface area contributed by atoms with E-state index in [-0.39, 0.29) is 11.8 Å². The molecule has 4 aromatic heterocycles. The smallest absolute Gasteiger partial charge is 0.237 e. The predicted octanol–water partition coefficient (Wildman–Crippen LogP) is 6.37. The molecule has 2 amide bonds. The van der Waals surface area contributed by atoms with Crippen molar-refractivity contribution in [2.75, 3.05) is 71.0 Å². The third-order valence-electron chi connectivity index (χ3n) is 13.1. The molecule has 0 radical (unpaired) electrons. The first-order chi connectivity index (χ1) is 28.6. The zero-order valence-corrected chi connectivity index (χ0v) is 34.2. The fourth-order valence-corrected chi connectivity index (χ4v) is 10.1.